The zero-order valence-corrected chi connectivity index (χ0v) is 12.8. The fraction of sp³-hybridized carbons (Fsp3) is 0.222. The quantitative estimate of drug-likeness (QED) is 0.780. The van der Waals surface area contributed by atoms with Gasteiger partial charge in [0.1, 0.15) is 0 Å². The second kappa shape index (κ2) is 6.54. The van der Waals surface area contributed by atoms with Crippen molar-refractivity contribution in [1.82, 2.24) is 15.5 Å². The summed E-state index contributed by atoms with van der Waals surface area (Å²) in [5, 5.41) is 11.5. The van der Waals surface area contributed by atoms with Crippen molar-refractivity contribution in [2.45, 2.75) is 26.9 Å². The molecule has 0 atom stereocenters. The van der Waals surface area contributed by atoms with Crippen molar-refractivity contribution >= 4 is 0 Å². The molecule has 0 aliphatic carbocycles. The van der Waals surface area contributed by atoms with Gasteiger partial charge in [0, 0.05) is 12.1 Å². The van der Waals surface area contributed by atoms with Gasteiger partial charge in [0.15, 0.2) is 0 Å². The third-order valence-corrected chi connectivity index (χ3v) is 3.46. The van der Waals surface area contributed by atoms with E-state index in [4.69, 9.17) is 4.42 Å². The summed E-state index contributed by atoms with van der Waals surface area (Å²) < 4.78 is 5.70. The average molecular weight is 293 g/mol. The van der Waals surface area contributed by atoms with Gasteiger partial charge in [-0.25, -0.2) is 0 Å². The van der Waals surface area contributed by atoms with Gasteiger partial charge in [-0.1, -0.05) is 47.5 Å². The van der Waals surface area contributed by atoms with Crippen molar-refractivity contribution < 1.29 is 4.42 Å². The molecule has 3 aromatic rings. The van der Waals surface area contributed by atoms with E-state index in [0.29, 0.717) is 18.3 Å². The third kappa shape index (κ3) is 3.59. The van der Waals surface area contributed by atoms with Crippen LogP contribution >= 0.6 is 0 Å². The minimum Gasteiger partial charge on any atom is -0.419 e. The number of aromatic nitrogens is 2. The van der Waals surface area contributed by atoms with Crippen molar-refractivity contribution in [3.63, 3.8) is 0 Å². The Labute approximate surface area is 130 Å². The van der Waals surface area contributed by atoms with E-state index in [1.165, 1.54) is 16.7 Å². The van der Waals surface area contributed by atoms with Crippen LogP contribution in [0.5, 0.6) is 0 Å². The van der Waals surface area contributed by atoms with Crippen molar-refractivity contribution in [3.05, 3.63) is 71.1 Å². The van der Waals surface area contributed by atoms with Gasteiger partial charge in [0.2, 0.25) is 11.8 Å². The molecule has 112 valence electrons. The van der Waals surface area contributed by atoms with Crippen molar-refractivity contribution in [3.8, 4) is 11.5 Å². The molecule has 0 bridgehead atoms. The molecule has 4 heteroatoms. The van der Waals surface area contributed by atoms with E-state index in [2.05, 4.69) is 46.7 Å². The minimum absolute atomic E-state index is 0.562. The standard InChI is InChI=1S/C18H19N3O/c1-13-6-8-15(9-7-13)11-19-12-17-20-21-18(22-17)16-5-3-4-14(2)10-16/h3-10,19H,11-12H2,1-2H3. The molecule has 3 rings (SSSR count). The van der Waals surface area contributed by atoms with Gasteiger partial charge in [-0.05, 0) is 31.5 Å². The van der Waals surface area contributed by atoms with Crippen LogP contribution in [0, 0.1) is 13.8 Å². The molecule has 0 fully saturated rings. The highest BCUT2D eigenvalue weighted by molar-refractivity contribution is 5.53. The Bertz CT molecular complexity index is 747. The summed E-state index contributed by atoms with van der Waals surface area (Å²) in [6.07, 6.45) is 0. The number of benzene rings is 2. The third-order valence-electron chi connectivity index (χ3n) is 3.46. The van der Waals surface area contributed by atoms with Crippen LogP contribution in [0.4, 0.5) is 0 Å². The SMILES string of the molecule is Cc1ccc(CNCc2nnc(-c3cccc(C)c3)o2)cc1. The molecule has 22 heavy (non-hydrogen) atoms. The molecular formula is C18H19N3O. The Morgan fingerprint density at radius 1 is 0.909 bits per heavy atom. The Kier molecular flexibility index (Phi) is 4.30. The van der Waals surface area contributed by atoms with Crippen molar-refractivity contribution in [1.29, 1.82) is 0 Å². The largest absolute Gasteiger partial charge is 0.419 e. The van der Waals surface area contributed by atoms with E-state index in [9.17, 15) is 0 Å². The second-order valence-electron chi connectivity index (χ2n) is 5.46. The summed E-state index contributed by atoms with van der Waals surface area (Å²) >= 11 is 0. The lowest BCUT2D eigenvalue weighted by molar-refractivity contribution is 0.477. The molecule has 4 nitrogen and oxygen atoms in total. The summed E-state index contributed by atoms with van der Waals surface area (Å²) in [6, 6.07) is 16.5. The summed E-state index contributed by atoms with van der Waals surface area (Å²) in [4.78, 5) is 0. The normalized spacial score (nSPS) is 10.8. The molecule has 2 aromatic carbocycles. The first kappa shape index (κ1) is 14.5. The molecule has 1 aromatic heterocycles. The highest BCUT2D eigenvalue weighted by Crippen LogP contribution is 2.18. The molecule has 0 saturated heterocycles. The highest BCUT2D eigenvalue weighted by atomic mass is 16.4. The van der Waals surface area contributed by atoms with Gasteiger partial charge >= 0.3 is 0 Å². The van der Waals surface area contributed by atoms with Gasteiger partial charge < -0.3 is 9.73 Å². The first-order valence-corrected chi connectivity index (χ1v) is 7.36. The summed E-state index contributed by atoms with van der Waals surface area (Å²) in [5.41, 5.74) is 4.64. The van der Waals surface area contributed by atoms with E-state index >= 15 is 0 Å². The van der Waals surface area contributed by atoms with Crippen molar-refractivity contribution in [2.24, 2.45) is 0 Å². The lowest BCUT2D eigenvalue weighted by Gasteiger charge is -2.02. The number of nitrogens with one attached hydrogen (secondary N) is 1. The molecular weight excluding hydrogens is 274 g/mol. The van der Waals surface area contributed by atoms with Crippen LogP contribution < -0.4 is 5.32 Å². The number of hydrogen-bond acceptors (Lipinski definition) is 4. The molecule has 0 aliphatic rings. The zero-order chi connectivity index (χ0) is 15.4. The Morgan fingerprint density at radius 3 is 2.50 bits per heavy atom. The summed E-state index contributed by atoms with van der Waals surface area (Å²) in [5.74, 6) is 1.17. The average Bonchev–Trinajstić information content (AvgIpc) is 2.98. The van der Waals surface area contributed by atoms with E-state index in [1.807, 2.05) is 31.2 Å². The van der Waals surface area contributed by atoms with Gasteiger partial charge in [0.05, 0.1) is 6.54 Å². The monoisotopic (exact) mass is 293 g/mol. The van der Waals surface area contributed by atoms with Crippen LogP contribution in [0.1, 0.15) is 22.6 Å². The van der Waals surface area contributed by atoms with Crippen LogP contribution in [0.3, 0.4) is 0 Å². The maximum absolute atomic E-state index is 5.70. The number of rotatable bonds is 5. The summed E-state index contributed by atoms with van der Waals surface area (Å²) in [7, 11) is 0. The molecule has 0 amide bonds. The first-order chi connectivity index (χ1) is 10.7. The predicted octanol–water partition coefficient (Wildman–Crippen LogP) is 3.64. The van der Waals surface area contributed by atoms with Crippen LogP contribution in [0.25, 0.3) is 11.5 Å². The summed E-state index contributed by atoms with van der Waals surface area (Å²) in [6.45, 7) is 5.47. The molecule has 1 N–H and O–H groups in total. The van der Waals surface area contributed by atoms with Crippen LogP contribution in [-0.4, -0.2) is 10.2 Å². The second-order valence-corrected chi connectivity index (χ2v) is 5.46. The van der Waals surface area contributed by atoms with Crippen LogP contribution in [-0.2, 0) is 13.1 Å². The number of aryl methyl sites for hydroxylation is 2. The molecule has 1 heterocycles. The van der Waals surface area contributed by atoms with E-state index < -0.39 is 0 Å². The molecule has 0 unspecified atom stereocenters. The Hall–Kier alpha value is -2.46. The predicted molar refractivity (Wildman–Crippen MR) is 86.2 cm³/mol. The van der Waals surface area contributed by atoms with E-state index in [-0.39, 0.29) is 0 Å². The molecule has 0 saturated carbocycles. The Morgan fingerprint density at radius 2 is 1.73 bits per heavy atom. The topological polar surface area (TPSA) is 51.0 Å². The van der Waals surface area contributed by atoms with E-state index in [1.54, 1.807) is 0 Å². The molecule has 0 spiro atoms. The fourth-order valence-corrected chi connectivity index (χ4v) is 2.24. The van der Waals surface area contributed by atoms with Gasteiger partial charge in [-0.3, -0.25) is 0 Å². The zero-order valence-electron chi connectivity index (χ0n) is 12.8. The van der Waals surface area contributed by atoms with Gasteiger partial charge in [-0.15, -0.1) is 10.2 Å². The Balaban J connectivity index is 1.59. The van der Waals surface area contributed by atoms with Crippen LogP contribution in [0.2, 0.25) is 0 Å². The molecule has 0 radical (unpaired) electrons. The maximum atomic E-state index is 5.70. The number of nitrogens with zero attached hydrogens (tertiary/aromatic N) is 2. The lowest BCUT2D eigenvalue weighted by atomic mass is 10.1. The first-order valence-electron chi connectivity index (χ1n) is 7.36. The van der Waals surface area contributed by atoms with E-state index in [0.717, 1.165) is 12.1 Å². The minimum atomic E-state index is 0.562. The lowest BCUT2D eigenvalue weighted by Crippen LogP contribution is -2.12. The van der Waals surface area contributed by atoms with Gasteiger partial charge in [0.25, 0.3) is 0 Å². The molecule has 0 aliphatic heterocycles. The highest BCUT2D eigenvalue weighted by Gasteiger charge is 2.08. The smallest absolute Gasteiger partial charge is 0.247 e. The maximum Gasteiger partial charge on any atom is 0.247 e. The van der Waals surface area contributed by atoms with Gasteiger partial charge in [-0.2, -0.15) is 0 Å². The fourth-order valence-electron chi connectivity index (χ4n) is 2.24. The van der Waals surface area contributed by atoms with Crippen LogP contribution in [0.15, 0.2) is 52.9 Å². The van der Waals surface area contributed by atoms with Crippen molar-refractivity contribution in [2.75, 3.05) is 0 Å². The number of hydrogen-bond donors (Lipinski definition) is 1.